The zero-order valence-electron chi connectivity index (χ0n) is 19.2. The third-order valence-electron chi connectivity index (χ3n) is 4.20. The van der Waals surface area contributed by atoms with Crippen molar-refractivity contribution in [1.82, 2.24) is 0 Å². The lowest BCUT2D eigenvalue weighted by atomic mass is 10.1. The average molecular weight is 616 g/mol. The highest BCUT2D eigenvalue weighted by Crippen LogP contribution is 2.54. The summed E-state index contributed by atoms with van der Waals surface area (Å²) in [6.45, 7) is 5.05. The molecule has 200 valence electrons. The number of nitrogens with one attached hydrogen (secondary N) is 1. The minimum atomic E-state index is -0.974. The van der Waals surface area contributed by atoms with E-state index < -0.39 is 96.8 Å². The van der Waals surface area contributed by atoms with Crippen molar-refractivity contribution in [3.63, 3.8) is 0 Å². The Kier molecular flexibility index (Phi) is 13.5. The fourth-order valence-corrected chi connectivity index (χ4v) is 5.60. The lowest BCUT2D eigenvalue weighted by molar-refractivity contribution is 0.102. The number of hydrogen-bond acceptors (Lipinski definition) is 9. The SMILES string of the molecule is CC=COc1ccc(C(=O)Nc2c(SF)c(SF)c(SF)c(SF)c2SF)c(OC=CC)c1OC=CC. The van der Waals surface area contributed by atoms with E-state index in [9.17, 15) is 24.2 Å². The molecule has 2 aromatic carbocycles. The van der Waals surface area contributed by atoms with Gasteiger partial charge in [-0.2, -0.15) is 19.4 Å². The predicted octanol–water partition coefficient (Wildman–Crippen LogP) is 10.6. The first-order valence-electron chi connectivity index (χ1n) is 9.96. The Labute approximate surface area is 232 Å². The Bertz CT molecular complexity index is 1160. The van der Waals surface area contributed by atoms with Crippen molar-refractivity contribution in [2.45, 2.75) is 45.2 Å². The Morgan fingerprint density at radius 2 is 1.11 bits per heavy atom. The van der Waals surface area contributed by atoms with Crippen LogP contribution in [0.2, 0.25) is 0 Å². The summed E-state index contributed by atoms with van der Waals surface area (Å²) in [5.41, 5.74) is -0.770. The lowest BCUT2D eigenvalue weighted by Crippen LogP contribution is -2.15. The molecule has 0 spiro atoms. The molecule has 15 heteroatoms. The van der Waals surface area contributed by atoms with Gasteiger partial charge in [-0.1, -0.05) is 18.2 Å². The van der Waals surface area contributed by atoms with E-state index >= 15 is 0 Å². The Balaban J connectivity index is 2.76. The molecule has 0 fully saturated rings. The molecule has 0 radical (unpaired) electrons. The molecule has 2 rings (SSSR count). The number of hydrogen-bond donors (Lipinski definition) is 1. The van der Waals surface area contributed by atoms with Gasteiger partial charge in [-0.15, -0.1) is 0 Å². The van der Waals surface area contributed by atoms with Crippen LogP contribution >= 0.6 is 60.7 Å². The van der Waals surface area contributed by atoms with E-state index in [0.717, 1.165) is 0 Å². The maximum absolute atomic E-state index is 13.9. The highest BCUT2D eigenvalue weighted by molar-refractivity contribution is 8.00. The zero-order chi connectivity index (χ0) is 27.4. The molecule has 0 aliphatic heterocycles. The normalized spacial score (nSPS) is 11.6. The van der Waals surface area contributed by atoms with Crippen LogP contribution in [0.4, 0.5) is 25.1 Å². The second-order valence-corrected chi connectivity index (χ2v) is 9.20. The van der Waals surface area contributed by atoms with E-state index in [2.05, 4.69) is 5.32 Å². The van der Waals surface area contributed by atoms with Gasteiger partial charge in [-0.05, 0) is 32.9 Å². The standard InChI is InChI=1S/C22H18F5NO4S5/c1-4-9-30-13-8-7-12(15(31-10-5-2)16(13)32-11-6-3)22(29)28-14-17(33-23)19(35-25)21(37-27)20(36-26)18(14)34-24/h4-11H,1-3H3,(H,28,29). The fraction of sp³-hybridized carbons (Fsp3) is 0.136. The van der Waals surface area contributed by atoms with Gasteiger partial charge < -0.3 is 19.5 Å². The number of amides is 1. The Morgan fingerprint density at radius 3 is 1.57 bits per heavy atom. The van der Waals surface area contributed by atoms with Gasteiger partial charge >= 0.3 is 0 Å². The summed E-state index contributed by atoms with van der Waals surface area (Å²) in [5, 5.41) is 2.28. The lowest BCUT2D eigenvalue weighted by Gasteiger charge is -2.19. The highest BCUT2D eigenvalue weighted by Gasteiger charge is 2.30. The molecule has 0 atom stereocenters. The van der Waals surface area contributed by atoms with Crippen molar-refractivity contribution in [1.29, 1.82) is 0 Å². The van der Waals surface area contributed by atoms with E-state index in [1.807, 2.05) is 0 Å². The summed E-state index contributed by atoms with van der Waals surface area (Å²) in [6, 6.07) is 2.68. The van der Waals surface area contributed by atoms with Gasteiger partial charge in [0.2, 0.25) is 5.75 Å². The summed E-state index contributed by atoms with van der Waals surface area (Å²) >= 11 is -2.86. The molecule has 0 unspecified atom stereocenters. The van der Waals surface area contributed by atoms with E-state index in [0.29, 0.717) is 0 Å². The molecule has 0 saturated heterocycles. The van der Waals surface area contributed by atoms with Crippen LogP contribution in [0.3, 0.4) is 0 Å². The maximum Gasteiger partial charge on any atom is 0.259 e. The molecule has 0 heterocycles. The summed E-state index contributed by atoms with van der Waals surface area (Å²) in [5.74, 6) is -0.941. The zero-order valence-corrected chi connectivity index (χ0v) is 23.3. The Hall–Kier alpha value is -2.07. The summed E-state index contributed by atoms with van der Waals surface area (Å²) in [7, 11) is 0. The van der Waals surface area contributed by atoms with E-state index in [1.54, 1.807) is 32.9 Å². The predicted molar refractivity (Wildman–Crippen MR) is 142 cm³/mol. The van der Waals surface area contributed by atoms with E-state index in [4.69, 9.17) is 14.2 Å². The fourth-order valence-electron chi connectivity index (χ4n) is 2.75. The first-order valence-corrected chi connectivity index (χ1v) is 13.5. The maximum atomic E-state index is 13.9. The van der Waals surface area contributed by atoms with Crippen LogP contribution in [0.1, 0.15) is 31.1 Å². The summed E-state index contributed by atoms with van der Waals surface area (Å²) in [6.07, 6.45) is 8.63. The van der Waals surface area contributed by atoms with Crippen LogP contribution < -0.4 is 19.5 Å². The monoisotopic (exact) mass is 615 g/mol. The van der Waals surface area contributed by atoms with Gasteiger partial charge in [-0.25, -0.2) is 0 Å². The van der Waals surface area contributed by atoms with Crippen LogP contribution in [0, 0.1) is 0 Å². The van der Waals surface area contributed by atoms with Crippen LogP contribution in [-0.2, 0) is 0 Å². The number of rotatable bonds is 13. The molecule has 37 heavy (non-hydrogen) atoms. The van der Waals surface area contributed by atoms with Gasteiger partial charge in [0.05, 0.1) is 115 Å². The molecule has 0 aliphatic carbocycles. The van der Waals surface area contributed by atoms with Crippen LogP contribution in [0.5, 0.6) is 17.2 Å². The van der Waals surface area contributed by atoms with E-state index in [1.165, 1.54) is 37.0 Å². The molecule has 0 aromatic heterocycles. The van der Waals surface area contributed by atoms with Crippen molar-refractivity contribution < 1.29 is 38.4 Å². The largest absolute Gasteiger partial charge is 0.461 e. The second kappa shape index (κ2) is 16.0. The Morgan fingerprint density at radius 1 is 0.676 bits per heavy atom. The smallest absolute Gasteiger partial charge is 0.259 e. The van der Waals surface area contributed by atoms with Crippen molar-refractivity contribution in [3.05, 3.63) is 54.7 Å². The van der Waals surface area contributed by atoms with Crippen LogP contribution in [0.25, 0.3) is 0 Å². The molecular formula is C22H18F5NO4S5. The summed E-state index contributed by atoms with van der Waals surface area (Å²) in [4.78, 5) is 10.1. The second-order valence-electron chi connectivity index (χ2n) is 6.39. The van der Waals surface area contributed by atoms with Crippen LogP contribution in [-0.4, -0.2) is 5.91 Å². The minimum Gasteiger partial charge on any atom is -0.461 e. The minimum absolute atomic E-state index is 0.00804. The molecule has 0 bridgehead atoms. The molecule has 2 aromatic rings. The molecule has 1 N–H and O–H groups in total. The van der Waals surface area contributed by atoms with Gasteiger partial charge in [0.15, 0.2) is 11.5 Å². The average Bonchev–Trinajstić information content (AvgIpc) is 2.92. The number of carbonyl (C=O) groups excluding carboxylic acids is 1. The number of halogens is 5. The van der Waals surface area contributed by atoms with Gasteiger partial charge in [0, 0.05) is 0 Å². The quantitative estimate of drug-likeness (QED) is 0.175. The van der Waals surface area contributed by atoms with Crippen molar-refractivity contribution in [2.75, 3.05) is 5.32 Å². The van der Waals surface area contributed by atoms with Gasteiger partial charge in [0.25, 0.3) is 5.91 Å². The molecule has 5 nitrogen and oxygen atoms in total. The first kappa shape index (κ1) is 31.1. The molecular weight excluding hydrogens is 598 g/mol. The van der Waals surface area contributed by atoms with Crippen molar-refractivity contribution in [2.24, 2.45) is 0 Å². The van der Waals surface area contributed by atoms with Crippen molar-refractivity contribution in [3.8, 4) is 17.2 Å². The van der Waals surface area contributed by atoms with Crippen LogP contribution in [0.15, 0.2) is 73.6 Å². The molecule has 0 aliphatic rings. The highest BCUT2D eigenvalue weighted by atomic mass is 32.2. The number of carbonyl (C=O) groups is 1. The first-order chi connectivity index (χ1) is 18.0. The number of allylic oxidation sites excluding steroid dienone is 3. The van der Waals surface area contributed by atoms with Gasteiger partial charge in [0.1, 0.15) is 0 Å². The number of ether oxygens (including phenoxy) is 3. The van der Waals surface area contributed by atoms with Gasteiger partial charge in [-0.3, -0.25) is 4.79 Å². The number of benzene rings is 2. The molecule has 1 amide bonds. The molecule has 0 saturated carbocycles. The number of anilines is 1. The summed E-state index contributed by atoms with van der Waals surface area (Å²) < 4.78 is 85.4. The topological polar surface area (TPSA) is 56.8 Å². The third kappa shape index (κ3) is 7.28. The van der Waals surface area contributed by atoms with Crippen molar-refractivity contribution >= 4 is 72.3 Å². The van der Waals surface area contributed by atoms with E-state index in [-0.39, 0.29) is 22.8 Å². The third-order valence-corrected chi connectivity index (χ3v) is 7.53.